The van der Waals surface area contributed by atoms with E-state index >= 15 is 0 Å². The Morgan fingerprint density at radius 3 is 2.18 bits per heavy atom. The molecule has 2 N–H and O–H groups in total. The second-order valence-electron chi connectivity index (χ2n) is 4.18. The first-order valence-electron chi connectivity index (χ1n) is 6.27. The lowest BCUT2D eigenvalue weighted by Crippen LogP contribution is -2.18. The van der Waals surface area contributed by atoms with Gasteiger partial charge in [0.05, 0.1) is 23.8 Å². The molecule has 1 aromatic carbocycles. The highest BCUT2D eigenvalue weighted by molar-refractivity contribution is 7.54. The third-order valence-electron chi connectivity index (χ3n) is 2.66. The lowest BCUT2D eigenvalue weighted by molar-refractivity contribution is -0.137. The molecule has 1 atom stereocenters. The van der Waals surface area contributed by atoms with Crippen molar-refractivity contribution >= 4 is 19.2 Å². The minimum atomic E-state index is -4.76. The molecule has 0 saturated carbocycles. The Balaban J connectivity index is 3.40. The van der Waals surface area contributed by atoms with Crippen molar-refractivity contribution in [1.82, 2.24) is 0 Å². The predicted octanol–water partition coefficient (Wildman–Crippen LogP) is 4.72. The van der Waals surface area contributed by atoms with E-state index in [4.69, 9.17) is 26.4 Å². The monoisotopic (exact) mass is 363 g/mol. The summed E-state index contributed by atoms with van der Waals surface area (Å²) in [6.45, 7) is 2.85. The summed E-state index contributed by atoms with van der Waals surface area (Å²) in [6.07, 6.45) is -4.76. The average Bonchev–Trinajstić information content (AvgIpc) is 2.40. The molecule has 0 aliphatic rings. The highest BCUT2D eigenvalue weighted by atomic mass is 35.5. The van der Waals surface area contributed by atoms with Gasteiger partial charge < -0.3 is 14.8 Å². The standard InChI is InChI=1S/C12H15ClF4NO3P/c1-3-20-22(19,21-4-2)11(18)8-5-7(12(15,16)17)6-9(13)10(8)14/h5-6,11H,3-4,18H2,1-2H3/t11-/m0/s1. The van der Waals surface area contributed by atoms with E-state index in [9.17, 15) is 22.1 Å². The largest absolute Gasteiger partial charge is 0.416 e. The van der Waals surface area contributed by atoms with Crippen LogP contribution in [0.15, 0.2) is 12.1 Å². The third-order valence-corrected chi connectivity index (χ3v) is 5.13. The van der Waals surface area contributed by atoms with Crippen molar-refractivity contribution < 1.29 is 31.2 Å². The molecule has 0 spiro atoms. The summed E-state index contributed by atoms with van der Waals surface area (Å²) in [5.41, 5.74) is 3.77. The van der Waals surface area contributed by atoms with E-state index in [1.54, 1.807) is 0 Å². The van der Waals surface area contributed by atoms with Crippen LogP contribution >= 0.6 is 19.2 Å². The lowest BCUT2D eigenvalue weighted by Gasteiger charge is -2.24. The van der Waals surface area contributed by atoms with E-state index in [1.807, 2.05) is 0 Å². The molecular weight excluding hydrogens is 349 g/mol. The SMILES string of the molecule is CCOP(=O)(OCC)[C@H](N)c1cc(C(F)(F)F)cc(Cl)c1F. The number of nitrogens with two attached hydrogens (primary N) is 1. The molecule has 0 radical (unpaired) electrons. The Kier molecular flexibility index (Phi) is 6.41. The lowest BCUT2D eigenvalue weighted by atomic mass is 10.1. The van der Waals surface area contributed by atoms with E-state index in [1.165, 1.54) is 13.8 Å². The van der Waals surface area contributed by atoms with Crippen LogP contribution in [0.25, 0.3) is 0 Å². The zero-order valence-electron chi connectivity index (χ0n) is 11.8. The van der Waals surface area contributed by atoms with E-state index in [-0.39, 0.29) is 13.2 Å². The van der Waals surface area contributed by atoms with E-state index in [0.29, 0.717) is 12.1 Å². The quantitative estimate of drug-likeness (QED) is 0.586. The van der Waals surface area contributed by atoms with Gasteiger partial charge in [0.25, 0.3) is 0 Å². The van der Waals surface area contributed by atoms with Crippen molar-refractivity contribution in [2.24, 2.45) is 5.73 Å². The average molecular weight is 364 g/mol. The summed E-state index contributed by atoms with van der Waals surface area (Å²) in [5.74, 6) is -2.92. The molecule has 10 heteroatoms. The van der Waals surface area contributed by atoms with Crippen LogP contribution in [0.3, 0.4) is 0 Å². The van der Waals surface area contributed by atoms with Crippen molar-refractivity contribution in [3.8, 4) is 0 Å². The summed E-state index contributed by atoms with van der Waals surface area (Å²) >= 11 is 5.47. The van der Waals surface area contributed by atoms with E-state index in [2.05, 4.69) is 0 Å². The van der Waals surface area contributed by atoms with E-state index < -0.39 is 41.5 Å². The maximum atomic E-state index is 14.0. The maximum absolute atomic E-state index is 14.0. The molecule has 126 valence electrons. The van der Waals surface area contributed by atoms with Crippen LogP contribution < -0.4 is 5.73 Å². The third kappa shape index (κ3) is 4.20. The topological polar surface area (TPSA) is 61.5 Å². The molecule has 0 saturated heterocycles. The highest BCUT2D eigenvalue weighted by Gasteiger charge is 2.39. The van der Waals surface area contributed by atoms with Crippen LogP contribution in [-0.4, -0.2) is 13.2 Å². The Hall–Kier alpha value is -0.660. The van der Waals surface area contributed by atoms with Crippen molar-refractivity contribution in [2.75, 3.05) is 13.2 Å². The van der Waals surface area contributed by atoms with Gasteiger partial charge in [0.1, 0.15) is 11.6 Å². The molecule has 0 fully saturated rings. The zero-order valence-corrected chi connectivity index (χ0v) is 13.4. The fourth-order valence-electron chi connectivity index (χ4n) is 1.72. The molecule has 0 aliphatic carbocycles. The Bertz CT molecular complexity index is 572. The summed E-state index contributed by atoms with van der Waals surface area (Å²) in [5, 5.41) is -0.778. The molecule has 0 amide bonds. The number of alkyl halides is 3. The van der Waals surface area contributed by atoms with Gasteiger partial charge in [0.15, 0.2) is 0 Å². The summed E-state index contributed by atoms with van der Waals surface area (Å²) in [6, 6.07) is 0.885. The van der Waals surface area contributed by atoms with Gasteiger partial charge in [-0.1, -0.05) is 11.6 Å². The molecular formula is C12H15ClF4NO3P. The Labute approximate surface area is 130 Å². The number of rotatable bonds is 6. The molecule has 1 aromatic rings. The van der Waals surface area contributed by atoms with Crippen LogP contribution in [-0.2, 0) is 19.8 Å². The first kappa shape index (κ1) is 19.4. The summed E-state index contributed by atoms with van der Waals surface area (Å²) < 4.78 is 74.7. The smallest absolute Gasteiger partial charge is 0.314 e. The van der Waals surface area contributed by atoms with Crippen LogP contribution in [0, 0.1) is 5.82 Å². The molecule has 22 heavy (non-hydrogen) atoms. The summed E-state index contributed by atoms with van der Waals surface area (Å²) in [4.78, 5) is 0. The maximum Gasteiger partial charge on any atom is 0.416 e. The fourth-order valence-corrected chi connectivity index (χ4v) is 3.59. The van der Waals surface area contributed by atoms with Gasteiger partial charge >= 0.3 is 13.8 Å². The fraction of sp³-hybridized carbons (Fsp3) is 0.500. The van der Waals surface area contributed by atoms with Crippen molar-refractivity contribution in [3.05, 3.63) is 34.1 Å². The van der Waals surface area contributed by atoms with Gasteiger partial charge in [0, 0.05) is 5.56 Å². The van der Waals surface area contributed by atoms with Gasteiger partial charge in [-0.3, -0.25) is 4.57 Å². The van der Waals surface area contributed by atoms with Gasteiger partial charge in [-0.05, 0) is 26.0 Å². The second-order valence-corrected chi connectivity index (χ2v) is 6.74. The Morgan fingerprint density at radius 1 is 1.27 bits per heavy atom. The van der Waals surface area contributed by atoms with Crippen LogP contribution in [0.4, 0.5) is 17.6 Å². The van der Waals surface area contributed by atoms with E-state index in [0.717, 1.165) is 0 Å². The number of halogens is 5. The number of benzene rings is 1. The minimum absolute atomic E-state index is 0.0701. The van der Waals surface area contributed by atoms with Crippen LogP contribution in [0.1, 0.15) is 30.8 Å². The molecule has 1 rings (SSSR count). The molecule has 4 nitrogen and oxygen atoms in total. The van der Waals surface area contributed by atoms with Gasteiger partial charge in [0.2, 0.25) is 0 Å². The molecule has 0 aliphatic heterocycles. The Morgan fingerprint density at radius 2 is 1.77 bits per heavy atom. The summed E-state index contributed by atoms with van der Waals surface area (Å²) in [7, 11) is -4.04. The van der Waals surface area contributed by atoms with Crippen molar-refractivity contribution in [3.63, 3.8) is 0 Å². The first-order valence-corrected chi connectivity index (χ1v) is 8.26. The van der Waals surface area contributed by atoms with Crippen LogP contribution in [0.2, 0.25) is 5.02 Å². The molecule has 0 heterocycles. The van der Waals surface area contributed by atoms with Gasteiger partial charge in [-0.25, -0.2) is 4.39 Å². The molecule has 0 aromatic heterocycles. The van der Waals surface area contributed by atoms with Crippen molar-refractivity contribution in [1.29, 1.82) is 0 Å². The molecule has 0 unspecified atom stereocenters. The highest BCUT2D eigenvalue weighted by Crippen LogP contribution is 2.59. The predicted molar refractivity (Wildman–Crippen MR) is 74.2 cm³/mol. The van der Waals surface area contributed by atoms with Crippen molar-refractivity contribution in [2.45, 2.75) is 25.8 Å². The first-order chi connectivity index (χ1) is 10.1. The van der Waals surface area contributed by atoms with Gasteiger partial charge in [-0.15, -0.1) is 0 Å². The van der Waals surface area contributed by atoms with Gasteiger partial charge in [-0.2, -0.15) is 13.2 Å². The number of hydrogen-bond donors (Lipinski definition) is 1. The number of hydrogen-bond acceptors (Lipinski definition) is 4. The second kappa shape index (κ2) is 7.27. The normalized spacial score (nSPS) is 14.2. The minimum Gasteiger partial charge on any atom is -0.314 e. The van der Waals surface area contributed by atoms with Crippen LogP contribution in [0.5, 0.6) is 0 Å². The zero-order chi connectivity index (χ0) is 17.1. The molecule has 0 bridgehead atoms.